The van der Waals surface area contributed by atoms with Crippen LogP contribution in [0.5, 0.6) is 5.75 Å². The second-order valence-electron chi connectivity index (χ2n) is 3.68. The molecule has 0 aliphatic carbocycles. The van der Waals surface area contributed by atoms with E-state index in [2.05, 4.69) is 26.2 Å². The Morgan fingerprint density at radius 2 is 2.15 bits per heavy atom. The Morgan fingerprint density at radius 1 is 1.40 bits per heavy atom. The number of carboxylic acid groups (broad SMARTS) is 1. The maximum absolute atomic E-state index is 11.9. The van der Waals surface area contributed by atoms with Crippen molar-refractivity contribution >= 4 is 44.8 Å². The summed E-state index contributed by atoms with van der Waals surface area (Å²) in [5.41, 5.74) is 0.581. The quantitative estimate of drug-likeness (QED) is 0.879. The molecule has 20 heavy (non-hydrogen) atoms. The number of amides is 1. The highest BCUT2D eigenvalue weighted by Crippen LogP contribution is 2.25. The van der Waals surface area contributed by atoms with Gasteiger partial charge in [-0.1, -0.05) is 15.9 Å². The van der Waals surface area contributed by atoms with Gasteiger partial charge in [-0.25, -0.2) is 9.78 Å². The molecular formula is C12H9BrN2O4S. The highest BCUT2D eigenvalue weighted by atomic mass is 79.9. The molecule has 0 fully saturated rings. The van der Waals surface area contributed by atoms with Gasteiger partial charge in [0.15, 0.2) is 0 Å². The lowest BCUT2D eigenvalue weighted by Gasteiger charge is -2.06. The Hall–Kier alpha value is -1.93. The zero-order valence-corrected chi connectivity index (χ0v) is 12.6. The standard InChI is InChI=1S/C12H9BrN2O4S/c1-19-8-3-6(13)2-7(4-8)14-10(16)9-5-20-11(15-9)12(17)18/h2-5H,1H3,(H,14,16)(H,17,18). The first-order chi connectivity index (χ1) is 9.49. The third-order valence-electron chi connectivity index (χ3n) is 2.28. The van der Waals surface area contributed by atoms with Crippen molar-refractivity contribution in [3.63, 3.8) is 0 Å². The van der Waals surface area contributed by atoms with Gasteiger partial charge in [-0.05, 0) is 12.1 Å². The molecule has 1 heterocycles. The minimum absolute atomic E-state index is 0.0614. The molecule has 2 aromatic rings. The van der Waals surface area contributed by atoms with E-state index < -0.39 is 11.9 Å². The molecule has 0 bridgehead atoms. The van der Waals surface area contributed by atoms with Crippen LogP contribution in [0, 0.1) is 0 Å². The van der Waals surface area contributed by atoms with Crippen molar-refractivity contribution in [2.45, 2.75) is 0 Å². The molecule has 8 heteroatoms. The summed E-state index contributed by atoms with van der Waals surface area (Å²) in [6.07, 6.45) is 0. The summed E-state index contributed by atoms with van der Waals surface area (Å²) in [6, 6.07) is 5.10. The van der Waals surface area contributed by atoms with Crippen LogP contribution < -0.4 is 10.1 Å². The van der Waals surface area contributed by atoms with Crippen molar-refractivity contribution in [3.8, 4) is 5.75 Å². The molecule has 0 aliphatic rings. The highest BCUT2D eigenvalue weighted by molar-refractivity contribution is 9.10. The van der Waals surface area contributed by atoms with Gasteiger partial charge >= 0.3 is 5.97 Å². The fourth-order valence-electron chi connectivity index (χ4n) is 1.42. The first-order valence-electron chi connectivity index (χ1n) is 5.34. The topological polar surface area (TPSA) is 88.5 Å². The van der Waals surface area contributed by atoms with E-state index in [0.717, 1.165) is 15.8 Å². The molecule has 0 saturated heterocycles. The van der Waals surface area contributed by atoms with E-state index in [0.29, 0.717) is 11.4 Å². The summed E-state index contributed by atoms with van der Waals surface area (Å²) in [5.74, 6) is -1.05. The normalized spacial score (nSPS) is 10.1. The van der Waals surface area contributed by atoms with Crippen molar-refractivity contribution in [1.29, 1.82) is 0 Å². The highest BCUT2D eigenvalue weighted by Gasteiger charge is 2.15. The van der Waals surface area contributed by atoms with Crippen LogP contribution in [0.4, 0.5) is 5.69 Å². The van der Waals surface area contributed by atoms with Gasteiger partial charge in [-0.2, -0.15) is 0 Å². The smallest absolute Gasteiger partial charge is 0.365 e. The van der Waals surface area contributed by atoms with E-state index in [-0.39, 0.29) is 10.7 Å². The zero-order chi connectivity index (χ0) is 14.7. The largest absolute Gasteiger partial charge is 0.497 e. The molecule has 0 aliphatic heterocycles. The van der Waals surface area contributed by atoms with E-state index in [4.69, 9.17) is 9.84 Å². The number of rotatable bonds is 4. The molecule has 0 saturated carbocycles. The number of methoxy groups -OCH3 is 1. The molecule has 104 valence electrons. The van der Waals surface area contributed by atoms with Crippen LogP contribution in [0.15, 0.2) is 28.1 Å². The Bertz CT molecular complexity index is 671. The fourth-order valence-corrected chi connectivity index (χ4v) is 2.53. The number of ether oxygens (including phenoxy) is 1. The molecule has 0 unspecified atom stereocenters. The van der Waals surface area contributed by atoms with Gasteiger partial charge in [-0.15, -0.1) is 11.3 Å². The number of halogens is 1. The average Bonchev–Trinajstić information content (AvgIpc) is 2.87. The number of carboxylic acids is 1. The number of aromatic carboxylic acids is 1. The minimum Gasteiger partial charge on any atom is -0.497 e. The number of hydrogen-bond donors (Lipinski definition) is 2. The van der Waals surface area contributed by atoms with Crippen LogP contribution >= 0.6 is 27.3 Å². The zero-order valence-electron chi connectivity index (χ0n) is 10.2. The fraction of sp³-hybridized carbons (Fsp3) is 0.0833. The SMILES string of the molecule is COc1cc(Br)cc(NC(=O)c2csc(C(=O)O)n2)c1. The average molecular weight is 357 g/mol. The van der Waals surface area contributed by atoms with Gasteiger partial charge in [0.2, 0.25) is 5.01 Å². The van der Waals surface area contributed by atoms with E-state index in [9.17, 15) is 9.59 Å². The maximum Gasteiger partial charge on any atom is 0.365 e. The Kier molecular flexibility index (Phi) is 4.35. The molecule has 1 aromatic heterocycles. The van der Waals surface area contributed by atoms with Gasteiger partial charge in [-0.3, -0.25) is 4.79 Å². The molecule has 2 rings (SSSR count). The van der Waals surface area contributed by atoms with Gasteiger partial charge in [0.05, 0.1) is 7.11 Å². The van der Waals surface area contributed by atoms with Gasteiger partial charge in [0, 0.05) is 21.6 Å². The van der Waals surface area contributed by atoms with Gasteiger partial charge in [0.1, 0.15) is 11.4 Å². The molecule has 0 radical (unpaired) electrons. The second kappa shape index (κ2) is 6.02. The third-order valence-corrected chi connectivity index (χ3v) is 3.57. The lowest BCUT2D eigenvalue weighted by Crippen LogP contribution is -2.13. The second-order valence-corrected chi connectivity index (χ2v) is 5.45. The lowest BCUT2D eigenvalue weighted by atomic mass is 10.3. The summed E-state index contributed by atoms with van der Waals surface area (Å²) < 4.78 is 5.83. The number of carbonyl (C=O) groups is 2. The number of benzene rings is 1. The first-order valence-corrected chi connectivity index (χ1v) is 7.01. The maximum atomic E-state index is 11.9. The molecule has 6 nitrogen and oxygen atoms in total. The molecule has 1 amide bonds. The van der Waals surface area contributed by atoms with Gasteiger partial charge < -0.3 is 15.2 Å². The van der Waals surface area contributed by atoms with Crippen molar-refractivity contribution in [1.82, 2.24) is 4.98 Å². The minimum atomic E-state index is -1.15. The van der Waals surface area contributed by atoms with E-state index in [1.807, 2.05) is 0 Å². The number of nitrogens with one attached hydrogen (secondary N) is 1. The summed E-state index contributed by atoms with van der Waals surface area (Å²) in [6.45, 7) is 0. The molecular weight excluding hydrogens is 348 g/mol. The molecule has 1 aromatic carbocycles. The monoisotopic (exact) mass is 356 g/mol. The summed E-state index contributed by atoms with van der Waals surface area (Å²) >= 11 is 4.20. The number of nitrogens with zero attached hydrogens (tertiary/aromatic N) is 1. The lowest BCUT2D eigenvalue weighted by molar-refractivity contribution is 0.0696. The van der Waals surface area contributed by atoms with Crippen molar-refractivity contribution in [2.75, 3.05) is 12.4 Å². The summed E-state index contributed by atoms with van der Waals surface area (Å²) in [5, 5.41) is 12.7. The van der Waals surface area contributed by atoms with E-state index in [1.165, 1.54) is 12.5 Å². The summed E-state index contributed by atoms with van der Waals surface area (Å²) in [7, 11) is 1.52. The Morgan fingerprint density at radius 3 is 2.75 bits per heavy atom. The first kappa shape index (κ1) is 14.5. The third kappa shape index (κ3) is 3.34. The number of carbonyl (C=O) groups excluding carboxylic acids is 1. The number of anilines is 1. The predicted octanol–water partition coefficient (Wildman–Crippen LogP) is 2.86. The van der Waals surface area contributed by atoms with Crippen molar-refractivity contribution in [2.24, 2.45) is 0 Å². The van der Waals surface area contributed by atoms with Crippen molar-refractivity contribution < 1.29 is 19.4 Å². The van der Waals surface area contributed by atoms with Crippen LogP contribution in [0.2, 0.25) is 0 Å². The van der Waals surface area contributed by atoms with Crippen LogP contribution in [0.25, 0.3) is 0 Å². The van der Waals surface area contributed by atoms with Crippen LogP contribution in [-0.4, -0.2) is 29.1 Å². The Balaban J connectivity index is 2.18. The van der Waals surface area contributed by atoms with Gasteiger partial charge in [0.25, 0.3) is 5.91 Å². The number of thiazole rings is 1. The Labute approximate surface area is 126 Å². The van der Waals surface area contributed by atoms with Crippen LogP contribution in [-0.2, 0) is 0 Å². The van der Waals surface area contributed by atoms with Crippen LogP contribution in [0.3, 0.4) is 0 Å². The number of aromatic nitrogens is 1. The van der Waals surface area contributed by atoms with Crippen molar-refractivity contribution in [3.05, 3.63) is 38.8 Å². The van der Waals surface area contributed by atoms with E-state index >= 15 is 0 Å². The molecule has 2 N–H and O–H groups in total. The predicted molar refractivity (Wildman–Crippen MR) is 77.7 cm³/mol. The summed E-state index contributed by atoms with van der Waals surface area (Å²) in [4.78, 5) is 26.4. The molecule has 0 atom stereocenters. The van der Waals surface area contributed by atoms with E-state index in [1.54, 1.807) is 18.2 Å². The number of hydrogen-bond acceptors (Lipinski definition) is 5. The molecule has 0 spiro atoms. The van der Waals surface area contributed by atoms with Crippen LogP contribution in [0.1, 0.15) is 20.3 Å².